The summed E-state index contributed by atoms with van der Waals surface area (Å²) in [6.45, 7) is 2.37. The molecule has 0 saturated heterocycles. The Morgan fingerprint density at radius 1 is 1.20 bits per heavy atom. The minimum Gasteiger partial charge on any atom is -0.497 e. The SMILES string of the molecule is COc1ccc2oc(C)c(C(=O)N(C)Cc3ccc(SC)cc3)c2c1. The van der Waals surface area contributed by atoms with E-state index in [9.17, 15) is 4.79 Å². The van der Waals surface area contributed by atoms with E-state index in [4.69, 9.17) is 9.15 Å². The van der Waals surface area contributed by atoms with Crippen molar-refractivity contribution in [1.82, 2.24) is 4.90 Å². The molecule has 130 valence electrons. The number of fused-ring (bicyclic) bond motifs is 1. The van der Waals surface area contributed by atoms with Gasteiger partial charge < -0.3 is 14.1 Å². The van der Waals surface area contributed by atoms with Crippen molar-refractivity contribution in [2.45, 2.75) is 18.4 Å². The number of carbonyl (C=O) groups excluding carboxylic acids is 1. The highest BCUT2D eigenvalue weighted by Gasteiger charge is 2.22. The number of benzene rings is 2. The Balaban J connectivity index is 1.88. The second-order valence-corrected chi connectivity index (χ2v) is 6.78. The van der Waals surface area contributed by atoms with Gasteiger partial charge >= 0.3 is 0 Å². The standard InChI is InChI=1S/C20H21NO3S/c1-13-19(17-11-15(23-3)7-10-18(17)24-13)20(22)21(2)12-14-5-8-16(25-4)9-6-14/h5-11H,12H2,1-4H3. The van der Waals surface area contributed by atoms with Gasteiger partial charge in [0.2, 0.25) is 0 Å². The first-order chi connectivity index (χ1) is 12.0. The number of furan rings is 1. The van der Waals surface area contributed by atoms with Gasteiger partial charge in [0.05, 0.1) is 12.7 Å². The highest BCUT2D eigenvalue weighted by atomic mass is 32.2. The van der Waals surface area contributed by atoms with Crippen LogP contribution in [0.15, 0.2) is 51.8 Å². The molecule has 0 saturated carbocycles. The van der Waals surface area contributed by atoms with Crippen molar-refractivity contribution in [2.75, 3.05) is 20.4 Å². The minimum absolute atomic E-state index is 0.0570. The Kier molecular flexibility index (Phi) is 5.04. The molecule has 5 heteroatoms. The maximum absolute atomic E-state index is 13.0. The number of hydrogen-bond donors (Lipinski definition) is 0. The number of thioether (sulfide) groups is 1. The van der Waals surface area contributed by atoms with Gasteiger partial charge in [0.1, 0.15) is 17.1 Å². The average Bonchev–Trinajstić information content (AvgIpc) is 2.96. The maximum Gasteiger partial charge on any atom is 0.258 e. The van der Waals surface area contributed by atoms with E-state index in [1.165, 1.54) is 4.90 Å². The largest absolute Gasteiger partial charge is 0.497 e. The highest BCUT2D eigenvalue weighted by Crippen LogP contribution is 2.30. The van der Waals surface area contributed by atoms with Crippen molar-refractivity contribution in [1.29, 1.82) is 0 Å². The Labute approximate surface area is 151 Å². The van der Waals surface area contributed by atoms with Crippen molar-refractivity contribution in [3.05, 3.63) is 59.4 Å². The molecule has 4 nitrogen and oxygen atoms in total. The fraction of sp³-hybridized carbons (Fsp3) is 0.250. The van der Waals surface area contributed by atoms with E-state index in [-0.39, 0.29) is 5.91 Å². The Hall–Kier alpha value is -2.40. The predicted octanol–water partition coefficient (Wildman–Crippen LogP) is 4.74. The van der Waals surface area contributed by atoms with Gasteiger partial charge in [-0.05, 0) is 49.1 Å². The molecule has 3 aromatic rings. The van der Waals surface area contributed by atoms with Crippen LogP contribution < -0.4 is 4.74 Å². The number of hydrogen-bond acceptors (Lipinski definition) is 4. The fourth-order valence-corrected chi connectivity index (χ4v) is 3.27. The first kappa shape index (κ1) is 17.4. The van der Waals surface area contributed by atoms with E-state index in [0.29, 0.717) is 29.2 Å². The monoisotopic (exact) mass is 355 g/mol. The molecule has 2 aromatic carbocycles. The van der Waals surface area contributed by atoms with E-state index in [2.05, 4.69) is 24.3 Å². The molecule has 3 rings (SSSR count). The highest BCUT2D eigenvalue weighted by molar-refractivity contribution is 7.98. The number of ether oxygens (including phenoxy) is 1. The van der Waals surface area contributed by atoms with Crippen LogP contribution in [0.25, 0.3) is 11.0 Å². The third-order valence-corrected chi connectivity index (χ3v) is 4.95. The van der Waals surface area contributed by atoms with Gasteiger partial charge in [-0.15, -0.1) is 11.8 Å². The number of nitrogens with zero attached hydrogens (tertiary/aromatic N) is 1. The van der Waals surface area contributed by atoms with Gasteiger partial charge in [0.15, 0.2) is 0 Å². The van der Waals surface area contributed by atoms with Crippen molar-refractivity contribution < 1.29 is 13.9 Å². The van der Waals surface area contributed by atoms with Crippen LogP contribution in [0.1, 0.15) is 21.7 Å². The first-order valence-corrected chi connectivity index (χ1v) is 9.21. The van der Waals surface area contributed by atoms with Crippen LogP contribution in [-0.4, -0.2) is 31.2 Å². The van der Waals surface area contributed by atoms with Crippen LogP contribution in [-0.2, 0) is 6.54 Å². The zero-order valence-electron chi connectivity index (χ0n) is 14.8. The molecular formula is C20H21NO3S. The molecule has 0 bridgehead atoms. The molecule has 0 atom stereocenters. The maximum atomic E-state index is 13.0. The minimum atomic E-state index is -0.0570. The quantitative estimate of drug-likeness (QED) is 0.620. The topological polar surface area (TPSA) is 42.7 Å². The van der Waals surface area contributed by atoms with Crippen molar-refractivity contribution >= 4 is 28.6 Å². The molecule has 0 spiro atoms. The molecule has 0 unspecified atom stereocenters. The second kappa shape index (κ2) is 7.23. The number of rotatable bonds is 5. The lowest BCUT2D eigenvalue weighted by Crippen LogP contribution is -2.26. The van der Waals surface area contributed by atoms with Gasteiger partial charge in [-0.25, -0.2) is 0 Å². The third kappa shape index (κ3) is 3.51. The summed E-state index contributed by atoms with van der Waals surface area (Å²) in [6, 6.07) is 13.8. The Morgan fingerprint density at radius 2 is 1.92 bits per heavy atom. The molecular weight excluding hydrogens is 334 g/mol. The summed E-state index contributed by atoms with van der Waals surface area (Å²) in [5.41, 5.74) is 2.38. The summed E-state index contributed by atoms with van der Waals surface area (Å²) >= 11 is 1.70. The zero-order valence-corrected chi connectivity index (χ0v) is 15.6. The number of methoxy groups -OCH3 is 1. The number of carbonyl (C=O) groups is 1. The second-order valence-electron chi connectivity index (χ2n) is 5.90. The summed E-state index contributed by atoms with van der Waals surface area (Å²) in [7, 11) is 3.42. The molecule has 25 heavy (non-hydrogen) atoms. The Morgan fingerprint density at radius 3 is 2.56 bits per heavy atom. The molecule has 1 aromatic heterocycles. The molecule has 0 aliphatic carbocycles. The van der Waals surface area contributed by atoms with Crippen LogP contribution in [0.3, 0.4) is 0 Å². The van der Waals surface area contributed by atoms with E-state index in [0.717, 1.165) is 10.9 Å². The first-order valence-electron chi connectivity index (χ1n) is 7.99. The lowest BCUT2D eigenvalue weighted by atomic mass is 10.1. The van der Waals surface area contributed by atoms with Crippen molar-refractivity contribution in [2.24, 2.45) is 0 Å². The number of aryl methyl sites for hydroxylation is 1. The average molecular weight is 355 g/mol. The normalized spacial score (nSPS) is 10.9. The summed E-state index contributed by atoms with van der Waals surface area (Å²) < 4.78 is 11.0. The summed E-state index contributed by atoms with van der Waals surface area (Å²) in [5.74, 6) is 1.27. The zero-order chi connectivity index (χ0) is 18.0. The van der Waals surface area contributed by atoms with E-state index in [1.807, 2.05) is 38.4 Å². The van der Waals surface area contributed by atoms with Crippen molar-refractivity contribution in [3.63, 3.8) is 0 Å². The lowest BCUT2D eigenvalue weighted by Gasteiger charge is -2.17. The summed E-state index contributed by atoms with van der Waals surface area (Å²) in [6.07, 6.45) is 2.05. The Bertz CT molecular complexity index is 899. The van der Waals surface area contributed by atoms with Gasteiger partial charge in [0, 0.05) is 23.9 Å². The smallest absolute Gasteiger partial charge is 0.258 e. The molecule has 0 N–H and O–H groups in total. The van der Waals surface area contributed by atoms with Crippen LogP contribution in [0.2, 0.25) is 0 Å². The molecule has 1 amide bonds. The summed E-state index contributed by atoms with van der Waals surface area (Å²) in [4.78, 5) is 15.9. The molecule has 0 fully saturated rings. The van der Waals surface area contributed by atoms with E-state index in [1.54, 1.807) is 23.8 Å². The predicted molar refractivity (Wildman–Crippen MR) is 102 cm³/mol. The lowest BCUT2D eigenvalue weighted by molar-refractivity contribution is 0.0785. The molecule has 0 radical (unpaired) electrons. The number of amides is 1. The summed E-state index contributed by atoms with van der Waals surface area (Å²) in [5, 5.41) is 0.784. The van der Waals surface area contributed by atoms with E-state index >= 15 is 0 Å². The van der Waals surface area contributed by atoms with Gasteiger partial charge in [-0.1, -0.05) is 12.1 Å². The van der Waals surface area contributed by atoms with E-state index < -0.39 is 0 Å². The van der Waals surface area contributed by atoms with Crippen LogP contribution in [0.4, 0.5) is 0 Å². The molecule has 1 heterocycles. The third-order valence-electron chi connectivity index (χ3n) is 4.21. The van der Waals surface area contributed by atoms with Gasteiger partial charge in [-0.2, -0.15) is 0 Å². The van der Waals surface area contributed by atoms with Gasteiger partial charge in [-0.3, -0.25) is 4.79 Å². The van der Waals surface area contributed by atoms with Crippen molar-refractivity contribution in [3.8, 4) is 5.75 Å². The molecule has 0 aliphatic rings. The van der Waals surface area contributed by atoms with Crippen LogP contribution in [0.5, 0.6) is 5.75 Å². The van der Waals surface area contributed by atoms with Gasteiger partial charge in [0.25, 0.3) is 5.91 Å². The van der Waals surface area contributed by atoms with Crippen LogP contribution in [0, 0.1) is 6.92 Å². The fourth-order valence-electron chi connectivity index (χ4n) is 2.86. The van der Waals surface area contributed by atoms with Crippen LogP contribution >= 0.6 is 11.8 Å². The molecule has 0 aliphatic heterocycles.